The molecule has 9 heteroatoms. The van der Waals surface area contributed by atoms with Crippen LogP contribution in [0.1, 0.15) is 26.3 Å². The highest BCUT2D eigenvalue weighted by Gasteiger charge is 2.20. The molecule has 0 fully saturated rings. The van der Waals surface area contributed by atoms with E-state index in [4.69, 9.17) is 5.14 Å². The molecule has 1 amide bonds. The highest BCUT2D eigenvalue weighted by atomic mass is 32.2. The van der Waals surface area contributed by atoms with Crippen LogP contribution in [0.15, 0.2) is 52.5 Å². The van der Waals surface area contributed by atoms with Gasteiger partial charge in [-0.2, -0.15) is 0 Å². The SMILES string of the molecule is CCc1ccc(NC(=O)[C@@H](C)Sc2nc3cc(S(N)(=O)=O)ccc3n2CC)cc1. The number of primary sulfonamides is 1. The summed E-state index contributed by atoms with van der Waals surface area (Å²) in [5.74, 6) is -0.126. The summed E-state index contributed by atoms with van der Waals surface area (Å²) in [7, 11) is -3.80. The van der Waals surface area contributed by atoms with E-state index in [1.165, 1.54) is 29.5 Å². The number of rotatable bonds is 7. The molecule has 0 unspecified atom stereocenters. The number of nitrogens with two attached hydrogens (primary N) is 1. The van der Waals surface area contributed by atoms with Gasteiger partial charge in [-0.3, -0.25) is 4.79 Å². The number of imidazole rings is 1. The van der Waals surface area contributed by atoms with Crippen LogP contribution in [0.2, 0.25) is 0 Å². The van der Waals surface area contributed by atoms with Crippen LogP contribution in [-0.2, 0) is 27.8 Å². The smallest absolute Gasteiger partial charge is 0.238 e. The summed E-state index contributed by atoms with van der Waals surface area (Å²) >= 11 is 1.33. The Morgan fingerprint density at radius 2 is 1.90 bits per heavy atom. The van der Waals surface area contributed by atoms with Gasteiger partial charge in [0.25, 0.3) is 0 Å². The van der Waals surface area contributed by atoms with Crippen molar-refractivity contribution in [2.24, 2.45) is 5.14 Å². The quantitative estimate of drug-likeness (QED) is 0.557. The molecule has 0 aliphatic carbocycles. The van der Waals surface area contributed by atoms with Crippen LogP contribution in [0.25, 0.3) is 11.0 Å². The van der Waals surface area contributed by atoms with Gasteiger partial charge in [-0.25, -0.2) is 18.5 Å². The number of aryl methyl sites for hydroxylation is 2. The highest BCUT2D eigenvalue weighted by molar-refractivity contribution is 8.00. The summed E-state index contributed by atoms with van der Waals surface area (Å²) in [4.78, 5) is 17.2. The van der Waals surface area contributed by atoms with Crippen LogP contribution in [-0.4, -0.2) is 29.1 Å². The summed E-state index contributed by atoms with van der Waals surface area (Å²) in [6, 6.07) is 12.4. The van der Waals surface area contributed by atoms with Crippen molar-refractivity contribution in [3.8, 4) is 0 Å². The van der Waals surface area contributed by atoms with Crippen molar-refractivity contribution in [1.29, 1.82) is 0 Å². The van der Waals surface area contributed by atoms with Crippen LogP contribution in [0.5, 0.6) is 0 Å². The van der Waals surface area contributed by atoms with Gasteiger partial charge in [0.15, 0.2) is 5.16 Å². The van der Waals surface area contributed by atoms with Gasteiger partial charge in [-0.05, 0) is 56.2 Å². The molecule has 3 aromatic rings. The summed E-state index contributed by atoms with van der Waals surface area (Å²) in [5, 5.41) is 8.40. The van der Waals surface area contributed by atoms with E-state index in [1.54, 1.807) is 6.07 Å². The second-order valence-corrected chi connectivity index (χ2v) is 9.50. The number of nitrogens with one attached hydrogen (secondary N) is 1. The summed E-state index contributed by atoms with van der Waals surface area (Å²) in [6.45, 7) is 6.51. The van der Waals surface area contributed by atoms with Gasteiger partial charge in [-0.1, -0.05) is 30.8 Å². The van der Waals surface area contributed by atoms with Crippen molar-refractivity contribution in [3.63, 3.8) is 0 Å². The first-order valence-electron chi connectivity index (χ1n) is 9.32. The molecule has 0 bridgehead atoms. The molecule has 1 atom stereocenters. The van der Waals surface area contributed by atoms with Crippen molar-refractivity contribution >= 4 is 44.4 Å². The molecule has 0 saturated heterocycles. The number of benzene rings is 2. The van der Waals surface area contributed by atoms with E-state index in [2.05, 4.69) is 17.2 Å². The fraction of sp³-hybridized carbons (Fsp3) is 0.300. The lowest BCUT2D eigenvalue weighted by molar-refractivity contribution is -0.115. The number of amides is 1. The van der Waals surface area contributed by atoms with Crippen LogP contribution in [0, 0.1) is 0 Å². The maximum Gasteiger partial charge on any atom is 0.238 e. The second kappa shape index (κ2) is 8.56. The molecule has 0 saturated carbocycles. The third-order valence-corrected chi connectivity index (χ3v) is 6.61. The molecule has 0 aliphatic rings. The largest absolute Gasteiger partial charge is 0.325 e. The lowest BCUT2D eigenvalue weighted by Gasteiger charge is -2.13. The van der Waals surface area contributed by atoms with Crippen molar-refractivity contribution in [1.82, 2.24) is 9.55 Å². The fourth-order valence-electron chi connectivity index (χ4n) is 2.94. The number of carbonyl (C=O) groups is 1. The average molecular weight is 433 g/mol. The molecule has 0 aliphatic heterocycles. The molecular weight excluding hydrogens is 408 g/mol. The molecule has 154 valence electrons. The zero-order valence-corrected chi connectivity index (χ0v) is 18.2. The second-order valence-electron chi connectivity index (χ2n) is 6.63. The van der Waals surface area contributed by atoms with Crippen molar-refractivity contribution < 1.29 is 13.2 Å². The number of carbonyl (C=O) groups excluding carboxylic acids is 1. The van der Waals surface area contributed by atoms with Crippen LogP contribution in [0.3, 0.4) is 0 Å². The Hall–Kier alpha value is -2.36. The third-order valence-electron chi connectivity index (χ3n) is 4.61. The number of fused-ring (bicyclic) bond motifs is 1. The zero-order chi connectivity index (χ0) is 21.2. The van der Waals surface area contributed by atoms with E-state index in [0.29, 0.717) is 17.2 Å². The number of thioether (sulfide) groups is 1. The van der Waals surface area contributed by atoms with Gasteiger partial charge in [0.1, 0.15) is 0 Å². The lowest BCUT2D eigenvalue weighted by Crippen LogP contribution is -2.22. The molecule has 1 heterocycles. The monoisotopic (exact) mass is 432 g/mol. The zero-order valence-electron chi connectivity index (χ0n) is 16.5. The van der Waals surface area contributed by atoms with Gasteiger partial charge < -0.3 is 9.88 Å². The minimum Gasteiger partial charge on any atom is -0.325 e. The Kier molecular flexibility index (Phi) is 6.30. The number of hydrogen-bond donors (Lipinski definition) is 2. The number of anilines is 1. The normalized spacial score (nSPS) is 12.8. The van der Waals surface area contributed by atoms with E-state index >= 15 is 0 Å². The maximum atomic E-state index is 12.6. The molecule has 1 aromatic heterocycles. The molecule has 0 spiro atoms. The maximum absolute atomic E-state index is 12.6. The summed E-state index contributed by atoms with van der Waals surface area (Å²) < 4.78 is 25.2. The van der Waals surface area contributed by atoms with Gasteiger partial charge in [0, 0.05) is 12.2 Å². The Labute approximate surface area is 174 Å². The van der Waals surface area contributed by atoms with Crippen LogP contribution in [0.4, 0.5) is 5.69 Å². The lowest BCUT2D eigenvalue weighted by atomic mass is 10.1. The first kappa shape index (κ1) is 21.4. The van der Waals surface area contributed by atoms with Crippen LogP contribution < -0.4 is 10.5 Å². The molecule has 2 aromatic carbocycles. The average Bonchev–Trinajstić information content (AvgIpc) is 3.03. The molecule has 29 heavy (non-hydrogen) atoms. The molecular formula is C20H24N4O3S2. The number of aromatic nitrogens is 2. The van der Waals surface area contributed by atoms with E-state index in [1.807, 2.05) is 42.7 Å². The number of sulfonamides is 1. The van der Waals surface area contributed by atoms with Gasteiger partial charge in [0.2, 0.25) is 15.9 Å². The Morgan fingerprint density at radius 1 is 1.21 bits per heavy atom. The fourth-order valence-corrected chi connectivity index (χ4v) is 4.46. The van der Waals surface area contributed by atoms with E-state index in [0.717, 1.165) is 17.6 Å². The molecule has 3 N–H and O–H groups in total. The van der Waals surface area contributed by atoms with Crippen LogP contribution >= 0.6 is 11.8 Å². The minimum absolute atomic E-state index is 0.0172. The predicted octanol–water partition coefficient (Wildman–Crippen LogP) is 3.39. The Bertz CT molecular complexity index is 1140. The molecule has 7 nitrogen and oxygen atoms in total. The number of nitrogens with zero attached hydrogens (tertiary/aromatic N) is 2. The van der Waals surface area contributed by atoms with Gasteiger partial charge in [0.05, 0.1) is 21.2 Å². The standard InChI is InChI=1S/C20H24N4O3S2/c1-4-14-6-8-15(9-7-14)22-19(25)13(3)28-20-23-17-12-16(29(21,26)27)10-11-18(17)24(20)5-2/h6-13H,4-5H2,1-3H3,(H,22,25)(H2,21,26,27)/t13-/m1/s1. The third kappa shape index (κ3) is 4.80. The molecule has 3 rings (SSSR count). The van der Waals surface area contributed by atoms with Gasteiger partial charge >= 0.3 is 0 Å². The molecule has 0 radical (unpaired) electrons. The van der Waals surface area contributed by atoms with Gasteiger partial charge in [-0.15, -0.1) is 0 Å². The Morgan fingerprint density at radius 3 is 2.48 bits per heavy atom. The topological polar surface area (TPSA) is 107 Å². The van der Waals surface area contributed by atoms with E-state index in [-0.39, 0.29) is 16.1 Å². The van der Waals surface area contributed by atoms with E-state index in [9.17, 15) is 13.2 Å². The first-order valence-corrected chi connectivity index (χ1v) is 11.7. The van der Waals surface area contributed by atoms with Crippen molar-refractivity contribution in [2.45, 2.75) is 49.0 Å². The highest BCUT2D eigenvalue weighted by Crippen LogP contribution is 2.29. The number of hydrogen-bond acceptors (Lipinski definition) is 5. The van der Waals surface area contributed by atoms with Crippen molar-refractivity contribution in [3.05, 3.63) is 48.0 Å². The van der Waals surface area contributed by atoms with Crippen molar-refractivity contribution in [2.75, 3.05) is 5.32 Å². The summed E-state index contributed by atoms with van der Waals surface area (Å²) in [6.07, 6.45) is 0.945. The summed E-state index contributed by atoms with van der Waals surface area (Å²) in [5.41, 5.74) is 3.29. The minimum atomic E-state index is -3.80. The first-order chi connectivity index (χ1) is 13.7. The predicted molar refractivity (Wildman–Crippen MR) is 117 cm³/mol. The Balaban J connectivity index is 1.81. The van der Waals surface area contributed by atoms with E-state index < -0.39 is 10.0 Å².